The fraction of sp³-hybridized carbons (Fsp3) is 0.412. The summed E-state index contributed by atoms with van der Waals surface area (Å²) in [5.41, 5.74) is 2.16. The molecule has 0 aliphatic carbocycles. The smallest absolute Gasteiger partial charge is 0.253 e. The van der Waals surface area contributed by atoms with Gasteiger partial charge in [0.05, 0.1) is 22.8 Å². The number of hydrogen-bond donors (Lipinski definition) is 2. The van der Waals surface area contributed by atoms with E-state index in [9.17, 15) is 4.79 Å². The monoisotopic (exact) mass is 334 g/mol. The zero-order valence-corrected chi connectivity index (χ0v) is 14.7. The second-order valence-corrected chi connectivity index (χ2v) is 6.59. The highest BCUT2D eigenvalue weighted by atomic mass is 35.5. The lowest BCUT2D eigenvalue weighted by molar-refractivity contribution is 0.0911. The lowest BCUT2D eigenvalue weighted by Crippen LogP contribution is -2.42. The lowest BCUT2D eigenvalue weighted by Gasteiger charge is -2.24. The van der Waals surface area contributed by atoms with E-state index < -0.39 is 0 Å². The third kappa shape index (κ3) is 4.48. The largest absolute Gasteiger partial charge is 0.379 e. The van der Waals surface area contributed by atoms with E-state index in [1.807, 2.05) is 44.6 Å². The number of anilines is 1. The molecule has 1 heterocycles. The van der Waals surface area contributed by atoms with E-state index in [-0.39, 0.29) is 11.4 Å². The van der Waals surface area contributed by atoms with Gasteiger partial charge in [0.2, 0.25) is 0 Å². The van der Waals surface area contributed by atoms with E-state index in [1.54, 1.807) is 18.3 Å². The van der Waals surface area contributed by atoms with E-state index in [4.69, 9.17) is 11.6 Å². The first-order valence-corrected chi connectivity index (χ1v) is 8.03. The first-order chi connectivity index (χ1) is 10.8. The minimum Gasteiger partial charge on any atom is -0.379 e. The Hall–Kier alpha value is -2.01. The van der Waals surface area contributed by atoms with Crippen LogP contribution in [0, 0.1) is 0 Å². The summed E-state index contributed by atoms with van der Waals surface area (Å²) in [4.78, 5) is 12.3. The summed E-state index contributed by atoms with van der Waals surface area (Å²) in [5.74, 6) is -0.153. The summed E-state index contributed by atoms with van der Waals surface area (Å²) in [6.07, 6.45) is 2.60. The van der Waals surface area contributed by atoms with Gasteiger partial charge in [0, 0.05) is 24.5 Å². The summed E-state index contributed by atoms with van der Waals surface area (Å²) in [6.45, 7) is 6.65. The minimum atomic E-state index is -0.253. The van der Waals surface area contributed by atoms with Crippen molar-refractivity contribution in [2.24, 2.45) is 7.05 Å². The standard InChI is InChI=1S/C17H23ClN4O/c1-5-17(2,3)21-16(23)14-7-6-12(10-15(14)18)19-11-13-8-9-20-22(13)4/h6-10,19H,5,11H2,1-4H3,(H,21,23). The molecule has 2 aromatic rings. The molecule has 0 aliphatic heterocycles. The number of nitrogens with zero attached hydrogens (tertiary/aromatic N) is 2. The predicted octanol–water partition coefficient (Wildman–Crippen LogP) is 3.60. The van der Waals surface area contributed by atoms with Gasteiger partial charge < -0.3 is 10.6 Å². The van der Waals surface area contributed by atoms with Crippen LogP contribution in [0.5, 0.6) is 0 Å². The number of carbonyl (C=O) groups excluding carboxylic acids is 1. The SMILES string of the molecule is CCC(C)(C)NC(=O)c1ccc(NCc2ccnn2C)cc1Cl. The van der Waals surface area contributed by atoms with Crippen LogP contribution >= 0.6 is 11.6 Å². The van der Waals surface area contributed by atoms with Crippen molar-refractivity contribution in [1.82, 2.24) is 15.1 Å². The third-order valence-corrected chi connectivity index (χ3v) is 4.26. The van der Waals surface area contributed by atoms with Crippen LogP contribution < -0.4 is 10.6 Å². The second kappa shape index (κ2) is 7.04. The third-order valence-electron chi connectivity index (χ3n) is 3.95. The first-order valence-electron chi connectivity index (χ1n) is 7.65. The van der Waals surface area contributed by atoms with Gasteiger partial charge in [0.25, 0.3) is 5.91 Å². The Kier molecular flexibility index (Phi) is 5.31. The molecule has 0 saturated heterocycles. The Labute approximate surface area is 142 Å². The number of benzene rings is 1. The zero-order valence-electron chi connectivity index (χ0n) is 14.0. The van der Waals surface area contributed by atoms with Crippen molar-refractivity contribution >= 4 is 23.2 Å². The molecule has 6 heteroatoms. The van der Waals surface area contributed by atoms with Crippen LogP contribution in [0.2, 0.25) is 5.02 Å². The Balaban J connectivity index is 2.05. The Morgan fingerprint density at radius 1 is 1.35 bits per heavy atom. The molecule has 124 valence electrons. The molecule has 2 rings (SSSR count). The lowest BCUT2D eigenvalue weighted by atomic mass is 10.0. The second-order valence-electron chi connectivity index (χ2n) is 6.19. The molecule has 23 heavy (non-hydrogen) atoms. The Morgan fingerprint density at radius 2 is 2.09 bits per heavy atom. The number of nitrogens with one attached hydrogen (secondary N) is 2. The average molecular weight is 335 g/mol. The van der Waals surface area contributed by atoms with Gasteiger partial charge in [0.1, 0.15) is 0 Å². The highest BCUT2D eigenvalue weighted by Crippen LogP contribution is 2.22. The normalized spacial score (nSPS) is 11.3. The van der Waals surface area contributed by atoms with E-state index in [2.05, 4.69) is 15.7 Å². The first kappa shape index (κ1) is 17.3. The van der Waals surface area contributed by atoms with Gasteiger partial charge >= 0.3 is 0 Å². The van der Waals surface area contributed by atoms with Crippen LogP contribution in [0.15, 0.2) is 30.5 Å². The molecule has 0 bridgehead atoms. The molecule has 1 aromatic carbocycles. The molecule has 0 saturated carbocycles. The highest BCUT2D eigenvalue weighted by molar-refractivity contribution is 6.34. The molecule has 2 N–H and O–H groups in total. The van der Waals surface area contributed by atoms with Gasteiger partial charge in [-0.2, -0.15) is 5.10 Å². The number of halogens is 1. The summed E-state index contributed by atoms with van der Waals surface area (Å²) in [6, 6.07) is 7.32. The Bertz CT molecular complexity index is 694. The predicted molar refractivity (Wildman–Crippen MR) is 93.8 cm³/mol. The van der Waals surface area contributed by atoms with Crippen molar-refractivity contribution in [1.29, 1.82) is 0 Å². The van der Waals surface area contributed by atoms with Crippen LogP contribution in [0.4, 0.5) is 5.69 Å². The number of hydrogen-bond acceptors (Lipinski definition) is 3. The number of carbonyl (C=O) groups is 1. The van der Waals surface area contributed by atoms with Gasteiger partial charge in [-0.05, 0) is 44.5 Å². The minimum absolute atomic E-state index is 0.153. The number of aromatic nitrogens is 2. The molecule has 1 aromatic heterocycles. The maximum Gasteiger partial charge on any atom is 0.253 e. The highest BCUT2D eigenvalue weighted by Gasteiger charge is 2.20. The van der Waals surface area contributed by atoms with Crippen molar-refractivity contribution < 1.29 is 4.79 Å². The van der Waals surface area contributed by atoms with Crippen LogP contribution in [0.1, 0.15) is 43.2 Å². The molecular weight excluding hydrogens is 312 g/mol. The molecule has 0 fully saturated rings. The number of amides is 1. The van der Waals surface area contributed by atoms with Crippen molar-refractivity contribution in [3.8, 4) is 0 Å². The van der Waals surface area contributed by atoms with E-state index >= 15 is 0 Å². The van der Waals surface area contributed by atoms with E-state index in [0.717, 1.165) is 17.8 Å². The van der Waals surface area contributed by atoms with Crippen LogP contribution in [-0.4, -0.2) is 21.2 Å². The van der Waals surface area contributed by atoms with Gasteiger partial charge in [0.15, 0.2) is 0 Å². The maximum atomic E-state index is 12.3. The van der Waals surface area contributed by atoms with Crippen molar-refractivity contribution in [3.63, 3.8) is 0 Å². The molecule has 1 amide bonds. The summed E-state index contributed by atoms with van der Waals surface area (Å²) < 4.78 is 1.81. The van der Waals surface area contributed by atoms with Crippen molar-refractivity contribution in [2.45, 2.75) is 39.3 Å². The molecule has 0 spiro atoms. The molecule has 0 aliphatic rings. The van der Waals surface area contributed by atoms with Gasteiger partial charge in [-0.15, -0.1) is 0 Å². The molecule has 0 unspecified atom stereocenters. The topological polar surface area (TPSA) is 59.0 Å². The average Bonchev–Trinajstić information content (AvgIpc) is 2.90. The molecule has 0 radical (unpaired) electrons. The van der Waals surface area contributed by atoms with Crippen molar-refractivity contribution in [2.75, 3.05) is 5.32 Å². The number of aryl methyl sites for hydroxylation is 1. The summed E-state index contributed by atoms with van der Waals surface area (Å²) in [7, 11) is 1.90. The molecule has 0 atom stereocenters. The quantitative estimate of drug-likeness (QED) is 0.848. The van der Waals surface area contributed by atoms with Gasteiger partial charge in [-0.3, -0.25) is 9.48 Å². The van der Waals surface area contributed by atoms with Gasteiger partial charge in [-0.25, -0.2) is 0 Å². The fourth-order valence-electron chi connectivity index (χ4n) is 2.04. The van der Waals surface area contributed by atoms with Crippen molar-refractivity contribution in [3.05, 3.63) is 46.7 Å². The van der Waals surface area contributed by atoms with Crippen LogP contribution in [0.25, 0.3) is 0 Å². The van der Waals surface area contributed by atoms with Crippen LogP contribution in [-0.2, 0) is 13.6 Å². The number of rotatable bonds is 6. The Morgan fingerprint density at radius 3 is 2.65 bits per heavy atom. The van der Waals surface area contributed by atoms with Crippen LogP contribution in [0.3, 0.4) is 0 Å². The van der Waals surface area contributed by atoms with E-state index in [0.29, 0.717) is 17.1 Å². The summed E-state index contributed by atoms with van der Waals surface area (Å²) >= 11 is 6.27. The fourth-order valence-corrected chi connectivity index (χ4v) is 2.31. The zero-order chi connectivity index (χ0) is 17.0. The maximum absolute atomic E-state index is 12.3. The van der Waals surface area contributed by atoms with E-state index in [1.165, 1.54) is 0 Å². The molecule has 5 nitrogen and oxygen atoms in total. The van der Waals surface area contributed by atoms with Gasteiger partial charge in [-0.1, -0.05) is 18.5 Å². The molecular formula is C17H23ClN4O. The summed E-state index contributed by atoms with van der Waals surface area (Å²) in [5, 5.41) is 10.8.